The number of nitrogens with one attached hydrogen (secondary N) is 2. The number of rotatable bonds is 5. The molecule has 2 aromatic rings. The molecule has 1 aromatic heterocycles. The van der Waals surface area contributed by atoms with E-state index >= 15 is 0 Å². The Morgan fingerprint density at radius 2 is 2.12 bits per heavy atom. The van der Waals surface area contributed by atoms with Crippen LogP contribution in [0.4, 0.5) is 0 Å². The van der Waals surface area contributed by atoms with Crippen LogP contribution < -0.4 is 10.0 Å². The molecular weight excluding hydrogens is 397 g/mol. The first-order chi connectivity index (χ1) is 12.4. The summed E-state index contributed by atoms with van der Waals surface area (Å²) in [6.45, 7) is 0.916. The van der Waals surface area contributed by atoms with E-state index in [1.807, 2.05) is 0 Å². The Kier molecular flexibility index (Phi) is 6.04. The van der Waals surface area contributed by atoms with E-state index in [0.29, 0.717) is 28.6 Å². The van der Waals surface area contributed by atoms with Gasteiger partial charge in [-0.25, -0.2) is 13.1 Å². The molecule has 2 heterocycles. The molecule has 0 aliphatic carbocycles. The summed E-state index contributed by atoms with van der Waals surface area (Å²) in [6, 6.07) is 6.08. The minimum absolute atomic E-state index is 0.00431. The molecule has 3 N–H and O–H groups in total. The first-order valence-corrected chi connectivity index (χ1v) is 10.4. The number of phenolic OH excluding ortho intramolecular Hbond substituents is 1. The monoisotopic (exact) mass is 415 g/mol. The summed E-state index contributed by atoms with van der Waals surface area (Å²) in [5.74, 6) is 0.108. The van der Waals surface area contributed by atoms with Gasteiger partial charge in [-0.05, 0) is 49.6 Å². The Bertz CT molecular complexity index is 878. The fourth-order valence-electron chi connectivity index (χ4n) is 3.17. The summed E-state index contributed by atoms with van der Waals surface area (Å²) >= 11 is 12.4. The van der Waals surface area contributed by atoms with Crippen molar-refractivity contribution in [3.05, 3.63) is 52.3 Å². The molecule has 0 unspecified atom stereocenters. The van der Waals surface area contributed by atoms with Crippen molar-refractivity contribution in [3.8, 4) is 5.75 Å². The van der Waals surface area contributed by atoms with E-state index < -0.39 is 10.0 Å². The lowest BCUT2D eigenvalue weighted by Gasteiger charge is -2.31. The Morgan fingerprint density at radius 1 is 1.31 bits per heavy atom. The molecule has 0 radical (unpaired) electrons. The van der Waals surface area contributed by atoms with Crippen LogP contribution in [-0.2, 0) is 10.0 Å². The van der Waals surface area contributed by atoms with Crippen molar-refractivity contribution in [1.82, 2.24) is 15.0 Å². The standard InChI is InChI=1S/C17H19Cl2N3O3S/c18-14-3-4-15(23)16(17(14)19)11-5-7-21-12(8-11)9-22-26(24,25)13-2-1-6-20-10-13/h1-4,6,10-12,21-23H,5,7-9H2/t11-,12+/m0/s1. The van der Waals surface area contributed by atoms with Crippen LogP contribution in [0.25, 0.3) is 0 Å². The smallest absolute Gasteiger partial charge is 0.242 e. The van der Waals surface area contributed by atoms with Gasteiger partial charge in [0.1, 0.15) is 10.6 Å². The van der Waals surface area contributed by atoms with Gasteiger partial charge in [0.25, 0.3) is 0 Å². The van der Waals surface area contributed by atoms with Crippen LogP contribution in [0.3, 0.4) is 0 Å². The molecule has 0 saturated carbocycles. The lowest BCUT2D eigenvalue weighted by molar-refractivity contribution is 0.352. The number of pyridine rings is 1. The van der Waals surface area contributed by atoms with Crippen molar-refractivity contribution < 1.29 is 13.5 Å². The number of phenols is 1. The van der Waals surface area contributed by atoms with Crippen LogP contribution in [0, 0.1) is 0 Å². The number of aromatic hydroxyl groups is 1. The lowest BCUT2D eigenvalue weighted by atomic mass is 9.86. The Hall–Kier alpha value is -1.38. The normalized spacial score (nSPS) is 20.8. The van der Waals surface area contributed by atoms with Crippen molar-refractivity contribution in [1.29, 1.82) is 0 Å². The van der Waals surface area contributed by atoms with Crippen molar-refractivity contribution >= 4 is 33.2 Å². The molecule has 9 heteroatoms. The number of piperidine rings is 1. The van der Waals surface area contributed by atoms with Crippen molar-refractivity contribution in [2.24, 2.45) is 0 Å². The molecule has 0 amide bonds. The quantitative estimate of drug-likeness (QED) is 0.697. The second kappa shape index (κ2) is 8.10. The fraction of sp³-hybridized carbons (Fsp3) is 0.353. The van der Waals surface area contributed by atoms with Crippen LogP contribution in [0.15, 0.2) is 41.6 Å². The Balaban J connectivity index is 1.69. The summed E-state index contributed by atoms with van der Waals surface area (Å²) < 4.78 is 27.2. The third-order valence-electron chi connectivity index (χ3n) is 4.48. The number of hydrogen-bond donors (Lipinski definition) is 3. The SMILES string of the molecule is O=S(=O)(NC[C@H]1C[C@@H](c2c(O)ccc(Cl)c2Cl)CCN1)c1cccnc1. The van der Waals surface area contributed by atoms with Gasteiger partial charge in [-0.2, -0.15) is 0 Å². The maximum absolute atomic E-state index is 12.3. The average Bonchev–Trinajstić information content (AvgIpc) is 2.65. The largest absolute Gasteiger partial charge is 0.508 e. The predicted molar refractivity (Wildman–Crippen MR) is 101 cm³/mol. The van der Waals surface area contributed by atoms with E-state index in [1.165, 1.54) is 24.5 Å². The topological polar surface area (TPSA) is 91.3 Å². The van der Waals surface area contributed by atoms with Crippen LogP contribution >= 0.6 is 23.2 Å². The summed E-state index contributed by atoms with van der Waals surface area (Å²) in [4.78, 5) is 3.96. The first kappa shape index (κ1) is 19.4. The third kappa shape index (κ3) is 4.29. The zero-order valence-corrected chi connectivity index (χ0v) is 16.2. The molecule has 140 valence electrons. The highest BCUT2D eigenvalue weighted by Crippen LogP contribution is 2.41. The number of nitrogens with zero attached hydrogens (tertiary/aromatic N) is 1. The second-order valence-electron chi connectivity index (χ2n) is 6.21. The summed E-state index contributed by atoms with van der Waals surface area (Å²) in [7, 11) is -3.61. The van der Waals surface area contributed by atoms with Gasteiger partial charge in [-0.1, -0.05) is 23.2 Å². The highest BCUT2D eigenvalue weighted by molar-refractivity contribution is 7.89. The molecule has 1 fully saturated rings. The van der Waals surface area contributed by atoms with Gasteiger partial charge in [-0.3, -0.25) is 4.98 Å². The van der Waals surface area contributed by atoms with Crippen LogP contribution in [0.2, 0.25) is 10.0 Å². The van der Waals surface area contributed by atoms with Gasteiger partial charge in [0.15, 0.2) is 0 Å². The number of sulfonamides is 1. The minimum atomic E-state index is -3.61. The van der Waals surface area contributed by atoms with Gasteiger partial charge in [0, 0.05) is 30.5 Å². The highest BCUT2D eigenvalue weighted by atomic mass is 35.5. The summed E-state index contributed by atoms with van der Waals surface area (Å²) in [6.07, 6.45) is 4.24. The molecule has 3 rings (SSSR count). The van der Waals surface area contributed by atoms with Crippen molar-refractivity contribution in [2.75, 3.05) is 13.1 Å². The fourth-order valence-corrected chi connectivity index (χ4v) is 4.69. The summed E-state index contributed by atoms with van der Waals surface area (Å²) in [5.41, 5.74) is 0.626. The average molecular weight is 416 g/mol. The number of benzene rings is 1. The molecule has 0 bridgehead atoms. The molecule has 2 atom stereocenters. The minimum Gasteiger partial charge on any atom is -0.508 e. The lowest BCUT2D eigenvalue weighted by Crippen LogP contribution is -2.45. The zero-order chi connectivity index (χ0) is 18.7. The predicted octanol–water partition coefficient (Wildman–Crippen LogP) is 2.91. The van der Waals surface area contributed by atoms with Crippen LogP contribution in [-0.4, -0.2) is 37.6 Å². The van der Waals surface area contributed by atoms with Gasteiger partial charge < -0.3 is 10.4 Å². The van der Waals surface area contributed by atoms with E-state index in [0.717, 1.165) is 6.42 Å². The highest BCUT2D eigenvalue weighted by Gasteiger charge is 2.28. The molecule has 6 nitrogen and oxygen atoms in total. The maximum Gasteiger partial charge on any atom is 0.242 e. The molecule has 1 saturated heterocycles. The summed E-state index contributed by atoms with van der Waals surface area (Å²) in [5, 5.41) is 14.2. The van der Waals surface area contributed by atoms with E-state index in [1.54, 1.807) is 12.1 Å². The molecular formula is C17H19Cl2N3O3S. The third-order valence-corrected chi connectivity index (χ3v) is 6.70. The molecule has 26 heavy (non-hydrogen) atoms. The van der Waals surface area contributed by atoms with Gasteiger partial charge in [0.05, 0.1) is 10.0 Å². The second-order valence-corrected chi connectivity index (χ2v) is 8.76. The van der Waals surface area contributed by atoms with E-state index in [4.69, 9.17) is 23.2 Å². The van der Waals surface area contributed by atoms with Crippen molar-refractivity contribution in [3.63, 3.8) is 0 Å². The van der Waals surface area contributed by atoms with Crippen LogP contribution in [0.5, 0.6) is 5.75 Å². The van der Waals surface area contributed by atoms with E-state index in [9.17, 15) is 13.5 Å². The molecule has 1 aliphatic heterocycles. The number of aromatic nitrogens is 1. The first-order valence-electron chi connectivity index (χ1n) is 8.18. The van der Waals surface area contributed by atoms with Crippen LogP contribution in [0.1, 0.15) is 24.3 Å². The van der Waals surface area contributed by atoms with E-state index in [-0.39, 0.29) is 29.1 Å². The Morgan fingerprint density at radius 3 is 2.85 bits per heavy atom. The maximum atomic E-state index is 12.3. The van der Waals surface area contributed by atoms with Crippen molar-refractivity contribution in [2.45, 2.75) is 29.7 Å². The molecule has 0 spiro atoms. The number of hydrogen-bond acceptors (Lipinski definition) is 5. The number of halogens is 2. The Labute approximate surface area is 162 Å². The van der Waals surface area contributed by atoms with Gasteiger partial charge >= 0.3 is 0 Å². The van der Waals surface area contributed by atoms with Gasteiger partial charge in [-0.15, -0.1) is 0 Å². The zero-order valence-electron chi connectivity index (χ0n) is 13.8. The van der Waals surface area contributed by atoms with E-state index in [2.05, 4.69) is 15.0 Å². The van der Waals surface area contributed by atoms with Gasteiger partial charge in [0.2, 0.25) is 10.0 Å². The molecule has 1 aromatic carbocycles. The molecule has 1 aliphatic rings.